The standard InChI is InChI=1S/C29H33F6NO3/c1-16(36-21-3-2-4-22(36)14-19(13-21)27(37)38)18-6-5-17-7-12-25(26(24(17)15-18)29(33,34)35)39-23-10-8-20(9-11-23)28(30,31)32/h5-7,12,15-16,19-23H,2-4,8-11,13-14H2,1H3,(H,37,38)/t16-,19?,20?,21?,22?,23?/m0/s1. The van der Waals surface area contributed by atoms with Crippen LogP contribution >= 0.6 is 0 Å². The number of ether oxygens (including phenoxy) is 1. The van der Waals surface area contributed by atoms with Crippen molar-refractivity contribution in [3.05, 3.63) is 41.5 Å². The maximum atomic E-state index is 14.5. The lowest BCUT2D eigenvalue weighted by molar-refractivity contribution is -0.185. The van der Waals surface area contributed by atoms with Crippen molar-refractivity contribution in [2.45, 2.75) is 101 Å². The molecule has 3 atom stereocenters. The number of rotatable bonds is 5. The van der Waals surface area contributed by atoms with Gasteiger partial charge in [0.05, 0.1) is 17.9 Å². The molecule has 3 fully saturated rings. The number of piperidine rings is 2. The van der Waals surface area contributed by atoms with Gasteiger partial charge in [0.2, 0.25) is 0 Å². The highest BCUT2D eigenvalue weighted by molar-refractivity contribution is 5.89. The van der Waals surface area contributed by atoms with Crippen LogP contribution in [0.4, 0.5) is 26.3 Å². The van der Waals surface area contributed by atoms with Crippen LogP contribution in [0.5, 0.6) is 5.75 Å². The summed E-state index contributed by atoms with van der Waals surface area (Å²) in [7, 11) is 0. The molecular weight excluding hydrogens is 524 g/mol. The molecule has 1 N–H and O–H groups in total. The summed E-state index contributed by atoms with van der Waals surface area (Å²) in [5.74, 6) is -2.99. The lowest BCUT2D eigenvalue weighted by Crippen LogP contribution is -2.53. The number of carbonyl (C=O) groups is 1. The van der Waals surface area contributed by atoms with Crippen LogP contribution in [0.2, 0.25) is 0 Å². The van der Waals surface area contributed by atoms with E-state index in [1.165, 1.54) is 6.07 Å². The minimum Gasteiger partial charge on any atom is -0.490 e. The SMILES string of the molecule is C[C@@H](c1ccc2ccc(OC3CCC(C(F)(F)F)CC3)c(C(F)(F)F)c2c1)N1C2CCCC1CC(C(=O)O)C2. The largest absolute Gasteiger partial charge is 0.490 e. The van der Waals surface area contributed by atoms with Crippen LogP contribution in [0.15, 0.2) is 30.3 Å². The number of aliphatic carboxylic acids is 1. The molecule has 2 unspecified atom stereocenters. The third-order valence-corrected chi connectivity index (χ3v) is 9.03. The van der Waals surface area contributed by atoms with Crippen molar-refractivity contribution in [1.82, 2.24) is 4.90 Å². The zero-order chi connectivity index (χ0) is 28.1. The Bertz CT molecular complexity index is 1190. The first-order chi connectivity index (χ1) is 18.3. The normalized spacial score (nSPS) is 29.3. The van der Waals surface area contributed by atoms with E-state index in [1.54, 1.807) is 18.2 Å². The molecule has 2 aliphatic heterocycles. The third kappa shape index (κ3) is 5.72. The monoisotopic (exact) mass is 557 g/mol. The average Bonchev–Trinajstić information content (AvgIpc) is 2.86. The van der Waals surface area contributed by atoms with Gasteiger partial charge in [-0.25, -0.2) is 0 Å². The number of carboxylic acid groups (broad SMARTS) is 1. The molecule has 0 aromatic heterocycles. The lowest BCUT2D eigenvalue weighted by atomic mass is 9.77. The van der Waals surface area contributed by atoms with Gasteiger partial charge < -0.3 is 9.84 Å². The van der Waals surface area contributed by atoms with E-state index in [0.29, 0.717) is 23.8 Å². The lowest BCUT2D eigenvalue weighted by Gasteiger charge is -2.51. The summed E-state index contributed by atoms with van der Waals surface area (Å²) in [4.78, 5) is 13.9. The van der Waals surface area contributed by atoms with Crippen LogP contribution in [0.3, 0.4) is 0 Å². The molecule has 4 nitrogen and oxygen atoms in total. The fourth-order valence-electron chi connectivity index (χ4n) is 7.08. The van der Waals surface area contributed by atoms with Crippen molar-refractivity contribution in [3.63, 3.8) is 0 Å². The second-order valence-corrected chi connectivity index (χ2v) is 11.4. The van der Waals surface area contributed by atoms with Crippen LogP contribution in [0, 0.1) is 11.8 Å². The van der Waals surface area contributed by atoms with E-state index >= 15 is 0 Å². The maximum Gasteiger partial charge on any atom is 0.420 e. The molecule has 0 radical (unpaired) electrons. The number of halogens is 6. The second kappa shape index (κ2) is 10.5. The zero-order valence-corrected chi connectivity index (χ0v) is 21.7. The van der Waals surface area contributed by atoms with Crippen molar-refractivity contribution in [2.24, 2.45) is 11.8 Å². The molecule has 214 valence electrons. The molecule has 0 spiro atoms. The number of alkyl halides is 6. The first kappa shape index (κ1) is 28.1. The van der Waals surface area contributed by atoms with E-state index < -0.39 is 41.8 Å². The summed E-state index contributed by atoms with van der Waals surface area (Å²) in [5, 5.41) is 9.96. The van der Waals surface area contributed by atoms with Gasteiger partial charge in [0, 0.05) is 18.1 Å². The Kier molecular flexibility index (Phi) is 7.54. The highest BCUT2D eigenvalue weighted by Gasteiger charge is 2.44. The second-order valence-electron chi connectivity index (χ2n) is 11.4. The van der Waals surface area contributed by atoms with Crippen molar-refractivity contribution < 1.29 is 41.0 Å². The van der Waals surface area contributed by atoms with E-state index in [2.05, 4.69) is 4.90 Å². The Labute approximate surface area is 223 Å². The van der Waals surface area contributed by atoms with E-state index in [0.717, 1.165) is 19.3 Å². The highest BCUT2D eigenvalue weighted by atomic mass is 19.4. The van der Waals surface area contributed by atoms with Crippen LogP contribution in [-0.2, 0) is 11.0 Å². The Morgan fingerprint density at radius 1 is 0.949 bits per heavy atom. The molecule has 2 aromatic rings. The number of hydrogen-bond acceptors (Lipinski definition) is 3. The molecule has 1 saturated carbocycles. The number of nitrogens with zero attached hydrogens (tertiary/aromatic N) is 1. The zero-order valence-electron chi connectivity index (χ0n) is 21.7. The van der Waals surface area contributed by atoms with Gasteiger partial charge >= 0.3 is 18.3 Å². The van der Waals surface area contributed by atoms with E-state index in [9.17, 15) is 36.2 Å². The van der Waals surface area contributed by atoms with Gasteiger partial charge in [-0.05, 0) is 86.8 Å². The summed E-state index contributed by atoms with van der Waals surface area (Å²) >= 11 is 0. The van der Waals surface area contributed by atoms with Gasteiger partial charge in [-0.3, -0.25) is 9.69 Å². The summed E-state index contributed by atoms with van der Waals surface area (Å²) in [6, 6.07) is 7.78. The Morgan fingerprint density at radius 3 is 2.13 bits per heavy atom. The van der Waals surface area contributed by atoms with Gasteiger partial charge in [-0.15, -0.1) is 0 Å². The molecule has 10 heteroatoms. The van der Waals surface area contributed by atoms with Gasteiger partial charge in [0.25, 0.3) is 0 Å². The van der Waals surface area contributed by atoms with Crippen LogP contribution in [0.1, 0.15) is 81.9 Å². The van der Waals surface area contributed by atoms with Crippen LogP contribution < -0.4 is 4.74 Å². The summed E-state index contributed by atoms with van der Waals surface area (Å²) in [6.45, 7) is 1.96. The molecule has 2 aromatic carbocycles. The Balaban J connectivity index is 1.44. The fraction of sp³-hybridized carbons (Fsp3) is 0.621. The number of fused-ring (bicyclic) bond motifs is 3. The van der Waals surface area contributed by atoms with Crippen molar-refractivity contribution in [1.29, 1.82) is 0 Å². The van der Waals surface area contributed by atoms with E-state index in [-0.39, 0.29) is 54.9 Å². The van der Waals surface area contributed by atoms with Gasteiger partial charge in [0.15, 0.2) is 0 Å². The predicted octanol–water partition coefficient (Wildman–Crippen LogP) is 8.14. The first-order valence-corrected chi connectivity index (χ1v) is 13.7. The van der Waals surface area contributed by atoms with Crippen LogP contribution in [0.25, 0.3) is 10.8 Å². The average molecular weight is 558 g/mol. The van der Waals surface area contributed by atoms with Crippen LogP contribution in [-0.4, -0.2) is 40.3 Å². The number of carboxylic acids is 1. The molecule has 2 bridgehead atoms. The molecule has 5 rings (SSSR count). The van der Waals surface area contributed by atoms with Gasteiger partial charge in [-0.1, -0.05) is 24.6 Å². The summed E-state index contributed by atoms with van der Waals surface area (Å²) in [6.07, 6.45) is -6.17. The topological polar surface area (TPSA) is 49.8 Å². The van der Waals surface area contributed by atoms with Gasteiger partial charge in [-0.2, -0.15) is 26.3 Å². The summed E-state index contributed by atoms with van der Waals surface area (Å²) < 4.78 is 88.2. The minimum atomic E-state index is -4.73. The number of benzene rings is 2. The van der Waals surface area contributed by atoms with Gasteiger partial charge in [0.1, 0.15) is 11.3 Å². The Morgan fingerprint density at radius 2 is 1.56 bits per heavy atom. The molecule has 0 amide bonds. The molecule has 39 heavy (non-hydrogen) atoms. The Hall–Kier alpha value is -2.49. The summed E-state index contributed by atoms with van der Waals surface area (Å²) in [5.41, 5.74) is -0.196. The smallest absolute Gasteiger partial charge is 0.420 e. The number of hydrogen-bond donors (Lipinski definition) is 1. The molecule has 3 aliphatic rings. The van der Waals surface area contributed by atoms with Crippen molar-refractivity contribution in [3.8, 4) is 5.75 Å². The minimum absolute atomic E-state index is 0.00101. The third-order valence-electron chi connectivity index (χ3n) is 9.03. The highest BCUT2D eigenvalue weighted by Crippen LogP contribution is 2.46. The fourth-order valence-corrected chi connectivity index (χ4v) is 7.08. The first-order valence-electron chi connectivity index (χ1n) is 13.7. The molecular formula is C29H33F6NO3. The van der Waals surface area contributed by atoms with E-state index in [1.807, 2.05) is 13.0 Å². The van der Waals surface area contributed by atoms with E-state index in [4.69, 9.17) is 4.74 Å². The van der Waals surface area contributed by atoms with Crippen molar-refractivity contribution >= 4 is 16.7 Å². The quantitative estimate of drug-likeness (QED) is 0.377. The molecule has 1 aliphatic carbocycles. The predicted molar refractivity (Wildman–Crippen MR) is 133 cm³/mol. The molecule has 2 heterocycles. The molecule has 2 saturated heterocycles. The maximum absolute atomic E-state index is 14.5. The van der Waals surface area contributed by atoms with Crippen molar-refractivity contribution in [2.75, 3.05) is 0 Å².